The fourth-order valence-electron chi connectivity index (χ4n) is 5.55. The summed E-state index contributed by atoms with van der Waals surface area (Å²) in [5.74, 6) is -2.45. The Kier molecular flexibility index (Phi) is 10.0. The van der Waals surface area contributed by atoms with Crippen LogP contribution in [0.2, 0.25) is 0 Å². The van der Waals surface area contributed by atoms with Gasteiger partial charge in [-0.3, -0.25) is 13.8 Å². The number of halogens is 1. The van der Waals surface area contributed by atoms with Gasteiger partial charge in [0.05, 0.1) is 18.1 Å². The third-order valence-corrected chi connectivity index (χ3v) is 9.89. The van der Waals surface area contributed by atoms with Crippen molar-refractivity contribution in [1.29, 1.82) is 0 Å². The molecular weight excluding hydrogens is 646 g/mol. The second-order valence-electron chi connectivity index (χ2n) is 11.1. The van der Waals surface area contributed by atoms with E-state index in [0.717, 1.165) is 30.6 Å². The number of hydrogen-bond donors (Lipinski definition) is 2. The van der Waals surface area contributed by atoms with Crippen molar-refractivity contribution in [3.05, 3.63) is 53.5 Å². The summed E-state index contributed by atoms with van der Waals surface area (Å²) in [6.07, 6.45) is 2.78. The Hall–Kier alpha value is -3.23. The predicted octanol–water partition coefficient (Wildman–Crippen LogP) is 2.97. The van der Waals surface area contributed by atoms with Crippen LogP contribution in [0.1, 0.15) is 45.4 Å². The Morgan fingerprint density at radius 1 is 1.14 bits per heavy atom. The normalized spacial score (nSPS) is 25.8. The van der Waals surface area contributed by atoms with Crippen molar-refractivity contribution in [1.82, 2.24) is 15.5 Å². The number of amides is 3. The Morgan fingerprint density at radius 3 is 2.35 bits per heavy atom. The molecule has 1 aliphatic heterocycles. The summed E-state index contributed by atoms with van der Waals surface area (Å²) in [5.41, 5.74) is -1.07. The molecule has 4 rings (SSSR count). The maximum absolute atomic E-state index is 13.9. The number of carbonyl (C=O) groups excluding carboxylic acids is 4. The molecule has 43 heavy (non-hydrogen) atoms. The van der Waals surface area contributed by atoms with Gasteiger partial charge in [-0.1, -0.05) is 28.6 Å². The van der Waals surface area contributed by atoms with Crippen LogP contribution in [0.4, 0.5) is 4.79 Å². The van der Waals surface area contributed by atoms with Crippen molar-refractivity contribution >= 4 is 49.9 Å². The fourth-order valence-corrected chi connectivity index (χ4v) is 6.90. The Morgan fingerprint density at radius 2 is 1.79 bits per heavy atom. The first-order valence-electron chi connectivity index (χ1n) is 14.0. The molecule has 0 radical (unpaired) electrons. The number of likely N-dealkylation sites (tertiary alicyclic amines) is 1. The molecule has 12 nitrogen and oxygen atoms in total. The number of methoxy groups -OCH3 is 1. The lowest BCUT2D eigenvalue weighted by Crippen LogP contribution is -2.56. The topological polar surface area (TPSA) is 157 Å². The molecule has 2 N–H and O–H groups in total. The van der Waals surface area contributed by atoms with Crippen molar-refractivity contribution in [3.63, 3.8) is 0 Å². The van der Waals surface area contributed by atoms with Crippen LogP contribution in [-0.4, -0.2) is 80.7 Å². The summed E-state index contributed by atoms with van der Waals surface area (Å²) in [4.78, 5) is 53.8. The van der Waals surface area contributed by atoms with E-state index in [1.165, 1.54) is 25.3 Å². The molecule has 1 saturated heterocycles. The monoisotopic (exact) mass is 681 g/mol. The molecule has 1 heterocycles. The minimum Gasteiger partial charge on any atom is -0.467 e. The van der Waals surface area contributed by atoms with Gasteiger partial charge in [0, 0.05) is 23.4 Å². The van der Waals surface area contributed by atoms with Crippen molar-refractivity contribution in [2.24, 2.45) is 5.92 Å². The van der Waals surface area contributed by atoms with Crippen LogP contribution in [0, 0.1) is 5.92 Å². The first kappa shape index (κ1) is 32.7. The zero-order chi connectivity index (χ0) is 31.5. The molecule has 0 unspecified atom stereocenters. The first-order chi connectivity index (χ1) is 20.3. The standard InChI is InChI=1S/C29H36BrN3O9S/c1-5-18-15-29(18,27(36)40-4)32-25(34)23-14-21(42-43(38,39)22-12-10-19(30)11-13-22)16-33(23)26(35)24(17(2)3)31-28(37)41-20-8-6-7-9-20/h5,10-13,18,20-21,23-24H,1-2,6-9,14-16H2,3-4H3,(H,31,37)(H,32,34)/t18-,21+,23+,24+,29-/m1/s1. The Labute approximate surface area is 259 Å². The molecule has 3 aliphatic rings. The summed E-state index contributed by atoms with van der Waals surface area (Å²) >= 11 is 3.26. The molecule has 1 aromatic carbocycles. The highest BCUT2D eigenvalue weighted by Gasteiger charge is 2.62. The number of benzene rings is 1. The average Bonchev–Trinajstić information content (AvgIpc) is 3.24. The molecule has 3 fully saturated rings. The van der Waals surface area contributed by atoms with Crippen LogP contribution in [-0.2, 0) is 38.2 Å². The highest BCUT2D eigenvalue weighted by atomic mass is 79.9. The Bertz CT molecular complexity index is 1390. The smallest absolute Gasteiger partial charge is 0.408 e. The van der Waals surface area contributed by atoms with Crippen molar-refractivity contribution in [3.8, 4) is 0 Å². The molecule has 0 bridgehead atoms. The van der Waals surface area contributed by atoms with Crippen molar-refractivity contribution in [2.75, 3.05) is 13.7 Å². The lowest BCUT2D eigenvalue weighted by atomic mass is 10.1. The SMILES string of the molecule is C=C[C@@H]1C[C@]1(NC(=O)[C@@H]1C[C@H](OS(=O)(=O)c2ccc(Br)cc2)CN1C(=O)[C@@H](NC(=O)OC1CCCC1)C(=C)C)C(=O)OC. The molecule has 1 aromatic rings. The first-order valence-corrected chi connectivity index (χ1v) is 16.2. The lowest BCUT2D eigenvalue weighted by Gasteiger charge is -2.30. The van der Waals surface area contributed by atoms with E-state index in [0.29, 0.717) is 4.47 Å². The number of alkyl carbamates (subject to hydrolysis) is 1. The van der Waals surface area contributed by atoms with Crippen LogP contribution in [0.5, 0.6) is 0 Å². The van der Waals surface area contributed by atoms with Crippen molar-refractivity contribution < 1.29 is 41.3 Å². The predicted molar refractivity (Wildman–Crippen MR) is 158 cm³/mol. The molecule has 5 atom stereocenters. The van der Waals surface area contributed by atoms with Gasteiger partial charge >= 0.3 is 12.1 Å². The largest absolute Gasteiger partial charge is 0.467 e. The molecule has 3 amide bonds. The average molecular weight is 683 g/mol. The fraction of sp³-hybridized carbons (Fsp3) is 0.517. The van der Waals surface area contributed by atoms with E-state index in [9.17, 15) is 27.6 Å². The summed E-state index contributed by atoms with van der Waals surface area (Å²) in [7, 11) is -3.07. The summed E-state index contributed by atoms with van der Waals surface area (Å²) in [5, 5.41) is 5.24. The number of esters is 1. The van der Waals surface area contributed by atoms with Crippen LogP contribution in [0.3, 0.4) is 0 Å². The van der Waals surface area contributed by atoms with Crippen LogP contribution in [0.25, 0.3) is 0 Å². The van der Waals surface area contributed by atoms with Gasteiger partial charge in [-0.15, -0.1) is 6.58 Å². The van der Waals surface area contributed by atoms with E-state index in [1.807, 2.05) is 0 Å². The second kappa shape index (κ2) is 13.2. The zero-order valence-corrected chi connectivity index (χ0v) is 26.4. The number of rotatable bonds is 11. The number of hydrogen-bond acceptors (Lipinski definition) is 9. The maximum Gasteiger partial charge on any atom is 0.408 e. The van der Waals surface area contributed by atoms with E-state index in [4.69, 9.17) is 13.7 Å². The molecule has 2 saturated carbocycles. The molecule has 0 aromatic heterocycles. The number of nitrogens with one attached hydrogen (secondary N) is 2. The van der Waals surface area contributed by atoms with Gasteiger partial charge < -0.3 is 25.0 Å². The molecule has 234 valence electrons. The number of carbonyl (C=O) groups is 4. The van der Waals surface area contributed by atoms with Gasteiger partial charge in [0.2, 0.25) is 11.8 Å². The van der Waals surface area contributed by atoms with Gasteiger partial charge in [0.15, 0.2) is 0 Å². The molecule has 14 heteroatoms. The van der Waals surface area contributed by atoms with E-state index >= 15 is 0 Å². The third kappa shape index (κ3) is 7.29. The van der Waals surface area contributed by atoms with Gasteiger partial charge in [-0.2, -0.15) is 8.42 Å². The van der Waals surface area contributed by atoms with Crippen LogP contribution in [0.15, 0.2) is 58.4 Å². The Balaban J connectivity index is 1.57. The summed E-state index contributed by atoms with van der Waals surface area (Å²) < 4.78 is 42.6. The van der Waals surface area contributed by atoms with Gasteiger partial charge in [0.1, 0.15) is 23.7 Å². The van der Waals surface area contributed by atoms with Crippen LogP contribution < -0.4 is 10.6 Å². The van der Waals surface area contributed by atoms with E-state index in [-0.39, 0.29) is 41.9 Å². The number of ether oxygens (including phenoxy) is 2. The van der Waals surface area contributed by atoms with E-state index in [1.54, 1.807) is 19.1 Å². The second-order valence-corrected chi connectivity index (χ2v) is 13.6. The summed E-state index contributed by atoms with van der Waals surface area (Å²) in [6.45, 7) is 8.79. The van der Waals surface area contributed by atoms with E-state index in [2.05, 4.69) is 39.7 Å². The van der Waals surface area contributed by atoms with Gasteiger partial charge in [-0.25, -0.2) is 9.59 Å². The van der Waals surface area contributed by atoms with Gasteiger partial charge in [-0.05, 0) is 68.9 Å². The van der Waals surface area contributed by atoms with Gasteiger partial charge in [0.25, 0.3) is 10.1 Å². The van der Waals surface area contributed by atoms with Crippen molar-refractivity contribution in [2.45, 2.75) is 80.2 Å². The highest BCUT2D eigenvalue weighted by Crippen LogP contribution is 2.45. The number of nitrogens with zero attached hydrogens (tertiary/aromatic N) is 1. The zero-order valence-electron chi connectivity index (χ0n) is 24.0. The molecule has 0 spiro atoms. The molecular formula is C29H36BrN3O9S. The molecule has 2 aliphatic carbocycles. The quantitative estimate of drug-likeness (QED) is 0.204. The minimum atomic E-state index is -4.27. The summed E-state index contributed by atoms with van der Waals surface area (Å²) in [6, 6.07) is 3.32. The lowest BCUT2D eigenvalue weighted by molar-refractivity contribution is -0.148. The third-order valence-electron chi connectivity index (χ3n) is 7.99. The highest BCUT2D eigenvalue weighted by molar-refractivity contribution is 9.10. The minimum absolute atomic E-state index is 0.103. The van der Waals surface area contributed by atoms with Crippen LogP contribution >= 0.6 is 15.9 Å². The van der Waals surface area contributed by atoms with E-state index < -0.39 is 57.7 Å². The maximum atomic E-state index is 13.9.